The second kappa shape index (κ2) is 13.0. The molecule has 3 rings (SSSR count). The van der Waals surface area contributed by atoms with Gasteiger partial charge in [-0.3, -0.25) is 0 Å². The maximum atomic E-state index is 14.4. The molecule has 33 heavy (non-hydrogen) atoms. The van der Waals surface area contributed by atoms with Crippen LogP contribution in [0.5, 0.6) is 11.5 Å². The van der Waals surface area contributed by atoms with E-state index < -0.39 is 0 Å². The standard InChI is InChI=1S/C25H32ClFN2O3S/c1-3-30-23-11-10-18(15-24(23)31-4-2)12-13-28-25(33)29(16-19-7-6-14-32-19)17-20-21(26)8-5-9-22(20)27/h5,8-11,15,19H,3-4,6-7,12-14,16-17H2,1-2H3,(H,28,33). The van der Waals surface area contributed by atoms with Crippen LogP contribution in [0.2, 0.25) is 5.02 Å². The lowest BCUT2D eigenvalue weighted by Gasteiger charge is -2.29. The van der Waals surface area contributed by atoms with Crippen molar-refractivity contribution in [3.05, 3.63) is 58.4 Å². The molecule has 8 heteroatoms. The first-order valence-corrected chi connectivity index (χ1v) is 12.3. The van der Waals surface area contributed by atoms with Crippen LogP contribution in [0, 0.1) is 5.82 Å². The van der Waals surface area contributed by atoms with Gasteiger partial charge < -0.3 is 24.4 Å². The average molecular weight is 495 g/mol. The largest absolute Gasteiger partial charge is 0.490 e. The highest BCUT2D eigenvalue weighted by Gasteiger charge is 2.22. The van der Waals surface area contributed by atoms with Crippen molar-refractivity contribution >= 4 is 28.9 Å². The fraction of sp³-hybridized carbons (Fsp3) is 0.480. The Labute approximate surface area is 206 Å². The van der Waals surface area contributed by atoms with Crippen molar-refractivity contribution in [2.45, 2.75) is 45.8 Å². The number of ether oxygens (including phenoxy) is 3. The Morgan fingerprint density at radius 1 is 1.21 bits per heavy atom. The highest BCUT2D eigenvalue weighted by Crippen LogP contribution is 2.28. The Balaban J connectivity index is 1.63. The monoisotopic (exact) mass is 494 g/mol. The number of nitrogens with zero attached hydrogens (tertiary/aromatic N) is 1. The molecule has 0 bridgehead atoms. The van der Waals surface area contributed by atoms with Gasteiger partial charge >= 0.3 is 0 Å². The summed E-state index contributed by atoms with van der Waals surface area (Å²) < 4.78 is 31.6. The third-order valence-corrected chi connectivity index (χ3v) is 6.20. The highest BCUT2D eigenvalue weighted by atomic mass is 35.5. The number of hydrogen-bond acceptors (Lipinski definition) is 4. The van der Waals surface area contributed by atoms with E-state index in [0.717, 1.165) is 42.9 Å². The number of hydrogen-bond donors (Lipinski definition) is 1. The molecule has 1 unspecified atom stereocenters. The first-order valence-electron chi connectivity index (χ1n) is 11.5. The fourth-order valence-corrected chi connectivity index (χ4v) is 4.27. The number of thiocarbonyl (C=S) groups is 1. The van der Waals surface area contributed by atoms with Crippen molar-refractivity contribution in [2.24, 2.45) is 0 Å². The summed E-state index contributed by atoms with van der Waals surface area (Å²) >= 11 is 12.0. The zero-order valence-corrected chi connectivity index (χ0v) is 20.8. The summed E-state index contributed by atoms with van der Waals surface area (Å²) in [5.74, 6) is 1.16. The molecule has 0 amide bonds. The molecular formula is C25H32ClFN2O3S. The first-order chi connectivity index (χ1) is 16.0. The molecule has 2 aromatic rings. The second-order valence-electron chi connectivity index (χ2n) is 7.84. The van der Waals surface area contributed by atoms with E-state index >= 15 is 0 Å². The zero-order chi connectivity index (χ0) is 23.6. The van der Waals surface area contributed by atoms with Gasteiger partial charge in [0.25, 0.3) is 0 Å². The van der Waals surface area contributed by atoms with Gasteiger partial charge in [0.05, 0.1) is 19.3 Å². The fourth-order valence-electron chi connectivity index (χ4n) is 3.80. The number of benzene rings is 2. The Bertz CT molecular complexity index is 904. The van der Waals surface area contributed by atoms with E-state index in [1.165, 1.54) is 6.07 Å². The van der Waals surface area contributed by atoms with Gasteiger partial charge in [0.15, 0.2) is 16.6 Å². The third-order valence-electron chi connectivity index (χ3n) is 5.44. The summed E-state index contributed by atoms with van der Waals surface area (Å²) in [5, 5.41) is 4.27. The molecule has 1 aliphatic heterocycles. The molecule has 0 saturated carbocycles. The molecule has 1 aliphatic rings. The lowest BCUT2D eigenvalue weighted by molar-refractivity contribution is 0.0895. The summed E-state index contributed by atoms with van der Waals surface area (Å²) in [5.41, 5.74) is 1.55. The van der Waals surface area contributed by atoms with Crippen molar-refractivity contribution in [2.75, 3.05) is 32.9 Å². The zero-order valence-electron chi connectivity index (χ0n) is 19.2. The van der Waals surface area contributed by atoms with Crippen LogP contribution >= 0.6 is 23.8 Å². The molecule has 0 radical (unpaired) electrons. The molecule has 1 heterocycles. The summed E-state index contributed by atoms with van der Waals surface area (Å²) in [6, 6.07) is 10.7. The quantitative estimate of drug-likeness (QED) is 0.423. The molecule has 1 atom stereocenters. The summed E-state index contributed by atoms with van der Waals surface area (Å²) in [4.78, 5) is 1.94. The molecule has 1 fully saturated rings. The van der Waals surface area contributed by atoms with Crippen LogP contribution in [0.3, 0.4) is 0 Å². The molecule has 180 valence electrons. The molecule has 2 aromatic carbocycles. The predicted octanol–water partition coefficient (Wildman–Crippen LogP) is 5.37. The maximum Gasteiger partial charge on any atom is 0.169 e. The van der Waals surface area contributed by atoms with E-state index in [0.29, 0.717) is 42.0 Å². The van der Waals surface area contributed by atoms with E-state index in [4.69, 9.17) is 38.0 Å². The van der Waals surface area contributed by atoms with Crippen molar-refractivity contribution in [1.82, 2.24) is 10.2 Å². The van der Waals surface area contributed by atoms with Gasteiger partial charge in [0.1, 0.15) is 5.82 Å². The molecular weight excluding hydrogens is 463 g/mol. The Hall–Kier alpha value is -2.09. The molecule has 0 aromatic heterocycles. The van der Waals surface area contributed by atoms with Gasteiger partial charge in [-0.25, -0.2) is 4.39 Å². The smallest absolute Gasteiger partial charge is 0.169 e. The van der Waals surface area contributed by atoms with Crippen LogP contribution in [0.4, 0.5) is 4.39 Å². The van der Waals surface area contributed by atoms with E-state index in [1.54, 1.807) is 12.1 Å². The Morgan fingerprint density at radius 2 is 2.00 bits per heavy atom. The maximum absolute atomic E-state index is 14.4. The molecule has 1 saturated heterocycles. The van der Waals surface area contributed by atoms with Crippen molar-refractivity contribution < 1.29 is 18.6 Å². The third kappa shape index (κ3) is 7.45. The highest BCUT2D eigenvalue weighted by molar-refractivity contribution is 7.80. The minimum atomic E-state index is -0.333. The summed E-state index contributed by atoms with van der Waals surface area (Å²) in [6.07, 6.45) is 2.83. The average Bonchev–Trinajstić information content (AvgIpc) is 3.31. The van der Waals surface area contributed by atoms with Crippen LogP contribution in [-0.2, 0) is 17.7 Å². The van der Waals surface area contributed by atoms with Crippen LogP contribution in [-0.4, -0.2) is 49.0 Å². The van der Waals surface area contributed by atoms with Gasteiger partial charge in [0.2, 0.25) is 0 Å². The van der Waals surface area contributed by atoms with E-state index in [2.05, 4.69) is 5.32 Å². The minimum absolute atomic E-state index is 0.0789. The first kappa shape index (κ1) is 25.5. The molecule has 1 N–H and O–H groups in total. The van der Waals surface area contributed by atoms with Gasteiger partial charge in [-0.15, -0.1) is 0 Å². The number of halogens is 2. The summed E-state index contributed by atoms with van der Waals surface area (Å²) in [6.45, 7) is 7.32. The van der Waals surface area contributed by atoms with E-state index in [1.807, 2.05) is 36.9 Å². The number of rotatable bonds is 11. The van der Waals surface area contributed by atoms with Gasteiger partial charge in [-0.05, 0) is 75.2 Å². The molecule has 0 aliphatic carbocycles. The van der Waals surface area contributed by atoms with Gasteiger partial charge in [-0.2, -0.15) is 0 Å². The van der Waals surface area contributed by atoms with Crippen molar-refractivity contribution in [1.29, 1.82) is 0 Å². The SMILES string of the molecule is CCOc1ccc(CCNC(=S)N(Cc2c(F)cccc2Cl)CC2CCCO2)cc1OCC. The normalized spacial score (nSPS) is 15.3. The summed E-state index contributed by atoms with van der Waals surface area (Å²) in [7, 11) is 0. The Morgan fingerprint density at radius 3 is 2.70 bits per heavy atom. The van der Waals surface area contributed by atoms with Gasteiger partial charge in [0, 0.05) is 36.8 Å². The lowest BCUT2D eigenvalue weighted by Crippen LogP contribution is -2.43. The van der Waals surface area contributed by atoms with E-state index in [9.17, 15) is 4.39 Å². The second-order valence-corrected chi connectivity index (χ2v) is 8.64. The molecule has 0 spiro atoms. The van der Waals surface area contributed by atoms with Crippen LogP contribution in [0.15, 0.2) is 36.4 Å². The molecule has 5 nitrogen and oxygen atoms in total. The topological polar surface area (TPSA) is 43.0 Å². The van der Waals surface area contributed by atoms with Gasteiger partial charge in [-0.1, -0.05) is 23.7 Å². The Kier molecular flexibility index (Phi) is 10.0. The van der Waals surface area contributed by atoms with Crippen molar-refractivity contribution in [3.8, 4) is 11.5 Å². The van der Waals surface area contributed by atoms with Crippen LogP contribution in [0.25, 0.3) is 0 Å². The predicted molar refractivity (Wildman–Crippen MR) is 134 cm³/mol. The number of nitrogens with one attached hydrogen (secondary N) is 1. The minimum Gasteiger partial charge on any atom is -0.490 e. The van der Waals surface area contributed by atoms with E-state index in [-0.39, 0.29) is 18.5 Å². The lowest BCUT2D eigenvalue weighted by atomic mass is 10.1. The van der Waals surface area contributed by atoms with Crippen molar-refractivity contribution in [3.63, 3.8) is 0 Å². The van der Waals surface area contributed by atoms with Crippen LogP contribution < -0.4 is 14.8 Å². The van der Waals surface area contributed by atoms with Crippen LogP contribution in [0.1, 0.15) is 37.8 Å².